The second-order valence-electron chi connectivity index (χ2n) is 8.76. The number of hydrogen-bond donors (Lipinski definition) is 3. The molecule has 178 valence electrons. The van der Waals surface area contributed by atoms with Crippen molar-refractivity contribution in [1.82, 2.24) is 10.6 Å². The minimum absolute atomic E-state index is 0.171. The van der Waals surface area contributed by atoms with Crippen LogP contribution in [-0.2, 0) is 17.8 Å². The van der Waals surface area contributed by atoms with Crippen LogP contribution in [0.1, 0.15) is 41.8 Å². The van der Waals surface area contributed by atoms with Gasteiger partial charge in [0.1, 0.15) is 6.04 Å². The Kier molecular flexibility index (Phi) is 9.25. The van der Waals surface area contributed by atoms with Gasteiger partial charge in [-0.3, -0.25) is 4.79 Å². The molecule has 3 aromatic rings. The van der Waals surface area contributed by atoms with E-state index in [1.807, 2.05) is 36.4 Å². The lowest BCUT2D eigenvalue weighted by Crippen LogP contribution is -2.42. The molecular formula is C28H31ClN2O3. The number of halogens is 1. The number of hydrogen-bond acceptors (Lipinski definition) is 3. The molecule has 6 heteroatoms. The zero-order chi connectivity index (χ0) is 24.5. The summed E-state index contributed by atoms with van der Waals surface area (Å²) in [5.74, 6) is -0.935. The molecule has 34 heavy (non-hydrogen) atoms. The maximum absolute atomic E-state index is 12.5. The summed E-state index contributed by atoms with van der Waals surface area (Å²) >= 11 is 6.07. The van der Waals surface area contributed by atoms with Crippen molar-refractivity contribution in [3.05, 3.63) is 94.5 Å². The molecule has 0 aliphatic carbocycles. The molecule has 0 saturated carbocycles. The maximum Gasteiger partial charge on any atom is 0.326 e. The van der Waals surface area contributed by atoms with Gasteiger partial charge in [-0.15, -0.1) is 0 Å². The number of benzene rings is 3. The molecule has 3 aromatic carbocycles. The van der Waals surface area contributed by atoms with Crippen LogP contribution in [0, 0.1) is 5.92 Å². The van der Waals surface area contributed by atoms with E-state index in [0.29, 0.717) is 5.92 Å². The highest BCUT2D eigenvalue weighted by molar-refractivity contribution is 6.33. The first kappa shape index (κ1) is 25.5. The Labute approximate surface area is 206 Å². The Bertz CT molecular complexity index is 1110. The molecule has 0 saturated heterocycles. The lowest BCUT2D eigenvalue weighted by molar-refractivity contribution is -0.139. The average molecular weight is 479 g/mol. The van der Waals surface area contributed by atoms with Gasteiger partial charge in [-0.1, -0.05) is 86.1 Å². The first-order valence-electron chi connectivity index (χ1n) is 11.5. The van der Waals surface area contributed by atoms with Crippen molar-refractivity contribution in [3.63, 3.8) is 0 Å². The van der Waals surface area contributed by atoms with Gasteiger partial charge in [-0.25, -0.2) is 4.79 Å². The van der Waals surface area contributed by atoms with Crippen molar-refractivity contribution < 1.29 is 14.7 Å². The largest absolute Gasteiger partial charge is 0.480 e. The quantitative estimate of drug-likeness (QED) is 0.315. The average Bonchev–Trinajstić information content (AvgIpc) is 2.82. The molecule has 0 bridgehead atoms. The monoisotopic (exact) mass is 478 g/mol. The molecule has 5 nitrogen and oxygen atoms in total. The molecule has 0 heterocycles. The summed E-state index contributed by atoms with van der Waals surface area (Å²) < 4.78 is 0. The van der Waals surface area contributed by atoms with E-state index in [1.165, 1.54) is 5.56 Å². The van der Waals surface area contributed by atoms with Gasteiger partial charge in [0.05, 0.1) is 10.6 Å². The Morgan fingerprint density at radius 3 is 2.29 bits per heavy atom. The van der Waals surface area contributed by atoms with Crippen LogP contribution in [0.4, 0.5) is 0 Å². The number of carboxylic acid groups (broad SMARTS) is 1. The van der Waals surface area contributed by atoms with Gasteiger partial charge in [-0.05, 0) is 53.3 Å². The van der Waals surface area contributed by atoms with Gasteiger partial charge in [0, 0.05) is 13.0 Å². The van der Waals surface area contributed by atoms with Crippen molar-refractivity contribution >= 4 is 23.5 Å². The van der Waals surface area contributed by atoms with Crippen molar-refractivity contribution in [3.8, 4) is 11.1 Å². The van der Waals surface area contributed by atoms with E-state index in [9.17, 15) is 14.7 Å². The third-order valence-electron chi connectivity index (χ3n) is 5.66. The number of carbonyl (C=O) groups is 2. The predicted molar refractivity (Wildman–Crippen MR) is 137 cm³/mol. The van der Waals surface area contributed by atoms with Crippen LogP contribution >= 0.6 is 11.6 Å². The smallest absolute Gasteiger partial charge is 0.326 e. The lowest BCUT2D eigenvalue weighted by Gasteiger charge is -2.16. The summed E-state index contributed by atoms with van der Waals surface area (Å²) in [6.07, 6.45) is 1.30. The molecule has 0 unspecified atom stereocenters. The molecule has 0 fully saturated rings. The van der Waals surface area contributed by atoms with Gasteiger partial charge in [-0.2, -0.15) is 0 Å². The molecule has 3 rings (SSSR count). The van der Waals surface area contributed by atoms with E-state index in [2.05, 4.69) is 36.6 Å². The minimum atomic E-state index is -1.10. The number of nitrogens with one attached hydrogen (secondary N) is 2. The molecule has 1 amide bonds. The Morgan fingerprint density at radius 1 is 0.941 bits per heavy atom. The third kappa shape index (κ3) is 7.17. The normalized spacial score (nSPS) is 11.9. The third-order valence-corrected chi connectivity index (χ3v) is 5.99. The van der Waals surface area contributed by atoms with Crippen LogP contribution in [0.3, 0.4) is 0 Å². The number of aliphatic carboxylic acids is 1. The van der Waals surface area contributed by atoms with Gasteiger partial charge < -0.3 is 15.7 Å². The molecule has 0 aliphatic heterocycles. The molecular weight excluding hydrogens is 448 g/mol. The van der Waals surface area contributed by atoms with Crippen LogP contribution in [0.5, 0.6) is 0 Å². The summed E-state index contributed by atoms with van der Waals surface area (Å²) in [5, 5.41) is 16.0. The van der Waals surface area contributed by atoms with E-state index in [-0.39, 0.29) is 17.0 Å². The molecule has 1 atom stereocenters. The highest BCUT2D eigenvalue weighted by Gasteiger charge is 2.22. The molecule has 0 radical (unpaired) electrons. The topological polar surface area (TPSA) is 78.4 Å². The second kappa shape index (κ2) is 12.4. The van der Waals surface area contributed by atoms with Crippen molar-refractivity contribution in [2.75, 3.05) is 6.54 Å². The highest BCUT2D eigenvalue weighted by Crippen LogP contribution is 2.24. The fraction of sp³-hybridized carbons (Fsp3) is 0.286. The maximum atomic E-state index is 12.5. The first-order chi connectivity index (χ1) is 16.3. The van der Waals surface area contributed by atoms with Crippen LogP contribution < -0.4 is 10.6 Å². The van der Waals surface area contributed by atoms with Gasteiger partial charge in [0.25, 0.3) is 5.91 Å². The number of carboxylic acids is 1. The van der Waals surface area contributed by atoms with Crippen molar-refractivity contribution in [2.24, 2.45) is 5.92 Å². The summed E-state index contributed by atoms with van der Waals surface area (Å²) in [6, 6.07) is 21.6. The minimum Gasteiger partial charge on any atom is -0.480 e. The standard InChI is InChI=1S/C28H31ClN2O3/c1-19(2)15-16-30-18-22-7-3-4-8-23(22)21-13-11-20(12-14-21)17-26(28(33)34)31-27(32)24-9-5-6-10-25(24)29/h3-14,19,26,30H,15-18H2,1-2H3,(H,31,32)(H,33,34)/t26-/m0/s1. The van der Waals surface area contributed by atoms with E-state index >= 15 is 0 Å². The van der Waals surface area contributed by atoms with Crippen LogP contribution in [-0.4, -0.2) is 29.6 Å². The van der Waals surface area contributed by atoms with Crippen molar-refractivity contribution in [2.45, 2.75) is 39.3 Å². The second-order valence-corrected chi connectivity index (χ2v) is 9.17. The van der Waals surface area contributed by atoms with Crippen molar-refractivity contribution in [1.29, 1.82) is 0 Å². The lowest BCUT2D eigenvalue weighted by atomic mass is 9.97. The highest BCUT2D eigenvalue weighted by atomic mass is 35.5. The molecule has 3 N–H and O–H groups in total. The Morgan fingerprint density at radius 2 is 1.62 bits per heavy atom. The van der Waals surface area contributed by atoms with Gasteiger partial charge >= 0.3 is 5.97 Å². The first-order valence-corrected chi connectivity index (χ1v) is 11.9. The molecule has 0 spiro atoms. The van der Waals surface area contributed by atoms with Crippen LogP contribution in [0.15, 0.2) is 72.8 Å². The van der Waals surface area contributed by atoms with Crippen LogP contribution in [0.25, 0.3) is 11.1 Å². The zero-order valence-electron chi connectivity index (χ0n) is 19.6. The summed E-state index contributed by atoms with van der Waals surface area (Å²) in [6.45, 7) is 6.20. The van der Waals surface area contributed by atoms with Crippen LogP contribution in [0.2, 0.25) is 5.02 Å². The van der Waals surface area contributed by atoms with E-state index < -0.39 is 17.9 Å². The summed E-state index contributed by atoms with van der Waals surface area (Å²) in [4.78, 5) is 24.3. The summed E-state index contributed by atoms with van der Waals surface area (Å²) in [7, 11) is 0. The molecule has 0 aliphatic rings. The zero-order valence-corrected chi connectivity index (χ0v) is 20.3. The number of carbonyl (C=O) groups excluding carboxylic acids is 1. The van der Waals surface area contributed by atoms with E-state index in [0.717, 1.165) is 36.2 Å². The Balaban J connectivity index is 1.68. The summed E-state index contributed by atoms with van der Waals surface area (Å²) in [5.41, 5.74) is 4.51. The Hall–Kier alpha value is -3.15. The van der Waals surface area contributed by atoms with Gasteiger partial charge in [0.15, 0.2) is 0 Å². The van der Waals surface area contributed by atoms with E-state index in [1.54, 1.807) is 24.3 Å². The number of rotatable bonds is 11. The number of amides is 1. The molecule has 0 aromatic heterocycles. The fourth-order valence-electron chi connectivity index (χ4n) is 3.71. The SMILES string of the molecule is CC(C)CCNCc1ccccc1-c1ccc(C[C@H](NC(=O)c2ccccc2Cl)C(=O)O)cc1. The van der Waals surface area contributed by atoms with E-state index in [4.69, 9.17) is 11.6 Å². The fourth-order valence-corrected chi connectivity index (χ4v) is 3.93. The predicted octanol–water partition coefficient (Wildman–Crippen LogP) is 5.57. The van der Waals surface area contributed by atoms with Gasteiger partial charge in [0.2, 0.25) is 0 Å².